The number of aromatic amines is 1. The van der Waals surface area contributed by atoms with E-state index in [1.165, 1.54) is 10.6 Å². The molecule has 0 bridgehead atoms. The van der Waals surface area contributed by atoms with Crippen molar-refractivity contribution < 1.29 is 19.4 Å². The van der Waals surface area contributed by atoms with Crippen LogP contribution in [-0.4, -0.2) is 33.1 Å². The van der Waals surface area contributed by atoms with Crippen molar-refractivity contribution in [2.75, 3.05) is 6.54 Å². The van der Waals surface area contributed by atoms with Gasteiger partial charge in [0.1, 0.15) is 22.7 Å². The van der Waals surface area contributed by atoms with Crippen molar-refractivity contribution >= 4 is 22.8 Å². The van der Waals surface area contributed by atoms with E-state index in [9.17, 15) is 19.5 Å². The number of ether oxygens (including phenoxy) is 1. The molecule has 174 valence electrons. The molecular weight excluding hydrogens is 434 g/mol. The summed E-state index contributed by atoms with van der Waals surface area (Å²) in [7, 11) is 1.66. The fraction of sp³-hybridized carbons (Fsp3) is 0.192. The van der Waals surface area contributed by atoms with Crippen LogP contribution in [0.15, 0.2) is 53.5 Å². The number of carbonyl (C=O) groups excluding carboxylic acids is 1. The second-order valence-corrected chi connectivity index (χ2v) is 8.21. The van der Waals surface area contributed by atoms with Crippen molar-refractivity contribution in [1.82, 2.24) is 14.9 Å². The summed E-state index contributed by atoms with van der Waals surface area (Å²) >= 11 is 0. The Hall–Kier alpha value is -4.33. The van der Waals surface area contributed by atoms with Crippen molar-refractivity contribution in [3.8, 4) is 22.6 Å². The minimum atomic E-state index is -1.02. The summed E-state index contributed by atoms with van der Waals surface area (Å²) in [5.74, 6) is -0.369. The van der Waals surface area contributed by atoms with Crippen molar-refractivity contribution in [2.45, 2.75) is 20.8 Å². The predicted octanol–water partition coefficient (Wildman–Crippen LogP) is 4.39. The number of nitrogens with zero attached hydrogens (tertiary/aromatic N) is 1. The van der Waals surface area contributed by atoms with E-state index in [-0.39, 0.29) is 17.0 Å². The Labute approximate surface area is 195 Å². The van der Waals surface area contributed by atoms with Gasteiger partial charge in [0, 0.05) is 30.7 Å². The first kappa shape index (κ1) is 22.8. The van der Waals surface area contributed by atoms with E-state index in [2.05, 4.69) is 10.3 Å². The number of aromatic nitrogens is 2. The summed E-state index contributed by atoms with van der Waals surface area (Å²) in [5.41, 5.74) is 3.71. The van der Waals surface area contributed by atoms with Crippen molar-refractivity contribution in [3.63, 3.8) is 0 Å². The van der Waals surface area contributed by atoms with Crippen LogP contribution in [0.4, 0.5) is 0 Å². The summed E-state index contributed by atoms with van der Waals surface area (Å²) in [6.07, 6.45) is 1.73. The van der Waals surface area contributed by atoms with Crippen LogP contribution in [0.1, 0.15) is 38.9 Å². The first-order chi connectivity index (χ1) is 16.2. The van der Waals surface area contributed by atoms with Crippen molar-refractivity contribution in [2.24, 2.45) is 7.05 Å². The van der Waals surface area contributed by atoms with Gasteiger partial charge in [-0.05, 0) is 67.8 Å². The Morgan fingerprint density at radius 2 is 1.85 bits per heavy atom. The summed E-state index contributed by atoms with van der Waals surface area (Å²) < 4.78 is 7.47. The van der Waals surface area contributed by atoms with Crippen LogP contribution in [0.2, 0.25) is 0 Å². The molecule has 0 saturated carbocycles. The largest absolute Gasteiger partial charge is 0.478 e. The third-order valence-corrected chi connectivity index (χ3v) is 5.58. The van der Waals surface area contributed by atoms with Crippen molar-refractivity contribution in [1.29, 1.82) is 0 Å². The third-order valence-electron chi connectivity index (χ3n) is 5.58. The van der Waals surface area contributed by atoms with Crippen LogP contribution in [-0.2, 0) is 7.05 Å². The number of carbonyl (C=O) groups is 2. The Morgan fingerprint density at radius 3 is 2.56 bits per heavy atom. The highest BCUT2D eigenvalue weighted by Crippen LogP contribution is 2.33. The minimum Gasteiger partial charge on any atom is -0.478 e. The molecule has 2 aromatic heterocycles. The molecule has 2 aromatic carbocycles. The van der Waals surface area contributed by atoms with E-state index in [0.717, 1.165) is 16.7 Å². The number of fused-ring (bicyclic) bond motifs is 1. The molecule has 0 aliphatic rings. The lowest BCUT2D eigenvalue weighted by molar-refractivity contribution is 0.0695. The predicted molar refractivity (Wildman–Crippen MR) is 130 cm³/mol. The quantitative estimate of drug-likeness (QED) is 0.396. The molecule has 0 fully saturated rings. The summed E-state index contributed by atoms with van der Waals surface area (Å²) in [6, 6.07) is 12.2. The molecule has 2 heterocycles. The number of carboxylic acids is 1. The maximum absolute atomic E-state index is 12.7. The maximum Gasteiger partial charge on any atom is 0.336 e. The average Bonchev–Trinajstić information content (AvgIpc) is 3.23. The number of nitrogens with one attached hydrogen (secondary N) is 2. The lowest BCUT2D eigenvalue weighted by atomic mass is 10.0. The molecule has 0 spiro atoms. The second kappa shape index (κ2) is 8.90. The van der Waals surface area contributed by atoms with Gasteiger partial charge in [0.25, 0.3) is 11.5 Å². The molecule has 0 aliphatic carbocycles. The Bertz CT molecular complexity index is 1500. The van der Waals surface area contributed by atoms with E-state index in [4.69, 9.17) is 4.74 Å². The highest BCUT2D eigenvalue weighted by Gasteiger charge is 2.17. The zero-order chi connectivity index (χ0) is 24.6. The maximum atomic E-state index is 12.7. The molecule has 3 N–H and O–H groups in total. The molecule has 8 nitrogen and oxygen atoms in total. The smallest absolute Gasteiger partial charge is 0.336 e. The number of pyridine rings is 1. The van der Waals surface area contributed by atoms with E-state index in [1.54, 1.807) is 38.4 Å². The van der Waals surface area contributed by atoms with E-state index < -0.39 is 5.97 Å². The summed E-state index contributed by atoms with van der Waals surface area (Å²) in [4.78, 5) is 39.5. The lowest BCUT2D eigenvalue weighted by Crippen LogP contribution is -2.23. The van der Waals surface area contributed by atoms with Gasteiger partial charge in [-0.3, -0.25) is 9.59 Å². The normalized spacial score (nSPS) is 10.9. The highest BCUT2D eigenvalue weighted by atomic mass is 16.5. The second-order valence-electron chi connectivity index (χ2n) is 8.21. The van der Waals surface area contributed by atoms with Gasteiger partial charge in [-0.1, -0.05) is 12.1 Å². The minimum absolute atomic E-state index is 0.176. The van der Waals surface area contributed by atoms with Crippen LogP contribution in [0.25, 0.3) is 22.0 Å². The third kappa shape index (κ3) is 4.30. The number of hydrogen-bond donors (Lipinski definition) is 3. The van der Waals surface area contributed by atoms with Crippen LogP contribution in [0.3, 0.4) is 0 Å². The Morgan fingerprint density at radius 1 is 1.09 bits per heavy atom. The number of H-pyrrole nitrogens is 1. The average molecular weight is 460 g/mol. The number of aromatic carboxylic acids is 1. The molecule has 0 atom stereocenters. The number of aryl methyl sites for hydroxylation is 3. The number of rotatable bonds is 6. The van der Waals surface area contributed by atoms with Gasteiger partial charge in [-0.25, -0.2) is 4.79 Å². The molecule has 0 aliphatic heterocycles. The van der Waals surface area contributed by atoms with Gasteiger partial charge < -0.3 is 24.7 Å². The van der Waals surface area contributed by atoms with Gasteiger partial charge >= 0.3 is 5.97 Å². The van der Waals surface area contributed by atoms with Gasteiger partial charge in [-0.15, -0.1) is 0 Å². The fourth-order valence-electron chi connectivity index (χ4n) is 3.94. The molecular formula is C26H25N3O5. The van der Waals surface area contributed by atoms with Gasteiger partial charge in [0.2, 0.25) is 0 Å². The fourth-order valence-corrected chi connectivity index (χ4v) is 3.94. The summed E-state index contributed by atoms with van der Waals surface area (Å²) in [6.45, 7) is 5.95. The number of benzene rings is 2. The molecule has 8 heteroatoms. The highest BCUT2D eigenvalue weighted by molar-refractivity contribution is 6.02. The molecule has 4 aromatic rings. The number of hydrogen-bond acceptors (Lipinski definition) is 4. The SMILES string of the molecule is CCNC(=O)c1cc2c(-c3cc(C)cc(Oc4ccc(C)c(C(=O)O)c4)c3)cn(C)c(=O)c2[nH]1. The number of amides is 1. The van der Waals surface area contributed by atoms with Crippen LogP contribution < -0.4 is 15.6 Å². The first-order valence-corrected chi connectivity index (χ1v) is 10.8. The van der Waals surface area contributed by atoms with Gasteiger partial charge in [-0.2, -0.15) is 0 Å². The monoisotopic (exact) mass is 459 g/mol. The van der Waals surface area contributed by atoms with E-state index in [1.807, 2.05) is 32.0 Å². The Balaban J connectivity index is 1.81. The molecule has 0 saturated heterocycles. The molecule has 0 radical (unpaired) electrons. The van der Waals surface area contributed by atoms with Crippen LogP contribution >= 0.6 is 0 Å². The molecule has 1 amide bonds. The van der Waals surface area contributed by atoms with Crippen LogP contribution in [0.5, 0.6) is 11.5 Å². The zero-order valence-corrected chi connectivity index (χ0v) is 19.4. The van der Waals surface area contributed by atoms with E-state index in [0.29, 0.717) is 40.2 Å². The topological polar surface area (TPSA) is 113 Å². The number of carboxylic acid groups (broad SMARTS) is 1. The first-order valence-electron chi connectivity index (χ1n) is 10.8. The van der Waals surface area contributed by atoms with Gasteiger partial charge in [0.05, 0.1) is 5.56 Å². The lowest BCUT2D eigenvalue weighted by Gasteiger charge is -2.12. The standard InChI is InChI=1S/C26H25N3O5/c1-5-27-24(30)22-12-20-21(13-29(4)25(31)23(20)28-22)16-8-14(2)9-18(10-16)34-17-7-6-15(3)19(11-17)26(32)33/h6-13,28H,5H2,1-4H3,(H,27,30)(H,32,33). The van der Waals surface area contributed by atoms with Crippen LogP contribution in [0, 0.1) is 13.8 Å². The van der Waals surface area contributed by atoms with E-state index >= 15 is 0 Å². The Kier molecular flexibility index (Phi) is 5.98. The summed E-state index contributed by atoms with van der Waals surface area (Å²) in [5, 5.41) is 12.8. The zero-order valence-electron chi connectivity index (χ0n) is 19.4. The van der Waals surface area contributed by atoms with Gasteiger partial charge in [0.15, 0.2) is 0 Å². The molecule has 34 heavy (non-hydrogen) atoms. The van der Waals surface area contributed by atoms with Crippen molar-refractivity contribution in [3.05, 3.63) is 81.4 Å². The molecule has 4 rings (SSSR count). The molecule has 0 unspecified atom stereocenters.